The predicted octanol–water partition coefficient (Wildman–Crippen LogP) is 3.51. The van der Waals surface area contributed by atoms with Crippen molar-refractivity contribution in [2.75, 3.05) is 44.8 Å². The number of halogens is 1. The zero-order valence-corrected chi connectivity index (χ0v) is 22.5. The third kappa shape index (κ3) is 5.39. The Bertz CT molecular complexity index is 1410. The molecule has 11 heteroatoms. The Hall–Kier alpha value is -3.59. The van der Waals surface area contributed by atoms with E-state index >= 15 is 0 Å². The van der Waals surface area contributed by atoms with Crippen LogP contribution in [-0.2, 0) is 9.47 Å². The zero-order chi connectivity index (χ0) is 27.5. The fourth-order valence-corrected chi connectivity index (χ4v) is 6.24. The Morgan fingerprint density at radius 1 is 0.925 bits per heavy atom. The molecular formula is C29H34FN7O3. The van der Waals surface area contributed by atoms with E-state index in [-0.39, 0.29) is 23.5 Å². The molecule has 0 unspecified atom stereocenters. The fourth-order valence-electron chi connectivity index (χ4n) is 6.24. The molecule has 1 aromatic carbocycles. The summed E-state index contributed by atoms with van der Waals surface area (Å²) in [5.74, 6) is 0.0627. The molecule has 2 aliphatic heterocycles. The summed E-state index contributed by atoms with van der Waals surface area (Å²) in [6, 6.07) is 10.4. The molecule has 2 saturated heterocycles. The number of nitrogens with zero attached hydrogens (tertiary/aromatic N) is 6. The highest BCUT2D eigenvalue weighted by molar-refractivity contribution is 5.66. The summed E-state index contributed by atoms with van der Waals surface area (Å²) in [5.41, 5.74) is 1.20. The third-order valence-corrected chi connectivity index (χ3v) is 8.32. The SMILES string of the molecule is N#Cc1c(-c2ccnc(N[C@H]3CC[C@H](N4CCOCC4)CC3)n2)n(-c2ccc(F)cc2)c(=O)n1C1CCOCC1. The first-order chi connectivity index (χ1) is 19.6. The molecule has 1 aliphatic carbocycles. The summed E-state index contributed by atoms with van der Waals surface area (Å²) in [7, 11) is 0. The molecular weight excluding hydrogens is 513 g/mol. The first-order valence-electron chi connectivity index (χ1n) is 14.1. The van der Waals surface area contributed by atoms with Crippen LogP contribution in [0.3, 0.4) is 0 Å². The van der Waals surface area contributed by atoms with Gasteiger partial charge in [-0.05, 0) is 68.9 Å². The van der Waals surface area contributed by atoms with Gasteiger partial charge in [-0.25, -0.2) is 19.2 Å². The lowest BCUT2D eigenvalue weighted by Gasteiger charge is -2.38. The van der Waals surface area contributed by atoms with E-state index in [1.54, 1.807) is 29.0 Å². The number of anilines is 1. The second-order valence-corrected chi connectivity index (χ2v) is 10.7. The summed E-state index contributed by atoms with van der Waals surface area (Å²) >= 11 is 0. The van der Waals surface area contributed by atoms with Crippen molar-refractivity contribution in [3.8, 4) is 23.1 Å². The fraction of sp³-hybridized carbons (Fsp3) is 0.517. The summed E-state index contributed by atoms with van der Waals surface area (Å²) in [6.45, 7) is 4.66. The highest BCUT2D eigenvalue weighted by Crippen LogP contribution is 2.31. The molecule has 6 rings (SSSR count). The average Bonchev–Trinajstić information content (AvgIpc) is 3.31. The van der Waals surface area contributed by atoms with E-state index in [1.165, 1.54) is 16.7 Å². The number of imidazole rings is 1. The quantitative estimate of drug-likeness (QED) is 0.499. The Balaban J connectivity index is 1.31. The van der Waals surface area contributed by atoms with Crippen molar-refractivity contribution < 1.29 is 13.9 Å². The van der Waals surface area contributed by atoms with Crippen LogP contribution in [-0.4, -0.2) is 75.6 Å². The Morgan fingerprint density at radius 3 is 2.33 bits per heavy atom. The summed E-state index contributed by atoms with van der Waals surface area (Å²) in [4.78, 5) is 25.6. The molecule has 4 heterocycles. The van der Waals surface area contributed by atoms with Crippen LogP contribution in [0.1, 0.15) is 50.3 Å². The third-order valence-electron chi connectivity index (χ3n) is 8.32. The van der Waals surface area contributed by atoms with Crippen LogP contribution in [0.4, 0.5) is 10.3 Å². The molecule has 3 fully saturated rings. The Labute approximate surface area is 232 Å². The van der Waals surface area contributed by atoms with Gasteiger partial charge in [0, 0.05) is 50.6 Å². The minimum atomic E-state index is -0.403. The number of morpholine rings is 1. The zero-order valence-electron chi connectivity index (χ0n) is 22.5. The molecule has 3 aromatic rings. The highest BCUT2D eigenvalue weighted by atomic mass is 19.1. The minimum Gasteiger partial charge on any atom is -0.381 e. The maximum Gasteiger partial charge on any atom is 0.334 e. The van der Waals surface area contributed by atoms with Gasteiger partial charge in [-0.3, -0.25) is 14.0 Å². The molecule has 0 bridgehead atoms. The van der Waals surface area contributed by atoms with Gasteiger partial charge in [-0.1, -0.05) is 0 Å². The van der Waals surface area contributed by atoms with Gasteiger partial charge in [0.05, 0.1) is 24.6 Å². The van der Waals surface area contributed by atoms with E-state index in [4.69, 9.17) is 14.5 Å². The van der Waals surface area contributed by atoms with Crippen molar-refractivity contribution >= 4 is 5.95 Å². The molecule has 2 aromatic heterocycles. The van der Waals surface area contributed by atoms with Gasteiger partial charge >= 0.3 is 5.69 Å². The van der Waals surface area contributed by atoms with Crippen LogP contribution in [0.15, 0.2) is 41.3 Å². The molecule has 0 amide bonds. The number of nitriles is 1. The van der Waals surface area contributed by atoms with Crippen LogP contribution >= 0.6 is 0 Å². The number of aromatic nitrogens is 4. The number of nitrogens with one attached hydrogen (secondary N) is 1. The Kier molecular flexibility index (Phi) is 7.91. The first-order valence-corrected chi connectivity index (χ1v) is 14.1. The number of rotatable bonds is 6. The minimum absolute atomic E-state index is 0.169. The average molecular weight is 548 g/mol. The maximum absolute atomic E-state index is 13.9. The van der Waals surface area contributed by atoms with Gasteiger partial charge in [0.25, 0.3) is 0 Å². The van der Waals surface area contributed by atoms with E-state index in [2.05, 4.69) is 21.3 Å². The number of ether oxygens (including phenoxy) is 2. The van der Waals surface area contributed by atoms with Crippen LogP contribution in [0, 0.1) is 17.1 Å². The lowest BCUT2D eigenvalue weighted by atomic mass is 9.90. The first kappa shape index (κ1) is 26.6. The number of hydrogen-bond acceptors (Lipinski definition) is 8. The molecule has 0 spiro atoms. The molecule has 10 nitrogen and oxygen atoms in total. The molecule has 3 aliphatic rings. The summed E-state index contributed by atoms with van der Waals surface area (Å²) in [6.07, 6.45) is 7.15. The predicted molar refractivity (Wildman–Crippen MR) is 147 cm³/mol. The van der Waals surface area contributed by atoms with E-state index in [0.29, 0.717) is 55.1 Å². The van der Waals surface area contributed by atoms with Crippen LogP contribution < -0.4 is 11.0 Å². The molecule has 0 atom stereocenters. The van der Waals surface area contributed by atoms with Crippen molar-refractivity contribution in [1.82, 2.24) is 24.0 Å². The number of hydrogen-bond donors (Lipinski definition) is 1. The van der Waals surface area contributed by atoms with E-state index in [9.17, 15) is 14.4 Å². The van der Waals surface area contributed by atoms with Crippen molar-refractivity contribution in [3.63, 3.8) is 0 Å². The van der Waals surface area contributed by atoms with Crippen molar-refractivity contribution in [2.24, 2.45) is 0 Å². The highest BCUT2D eigenvalue weighted by Gasteiger charge is 2.30. The lowest BCUT2D eigenvalue weighted by Crippen LogP contribution is -2.46. The van der Waals surface area contributed by atoms with Crippen molar-refractivity contribution in [2.45, 2.75) is 56.7 Å². The van der Waals surface area contributed by atoms with E-state index in [0.717, 1.165) is 52.0 Å². The Morgan fingerprint density at radius 2 is 1.62 bits per heavy atom. The van der Waals surface area contributed by atoms with Gasteiger partial charge in [-0.2, -0.15) is 5.26 Å². The normalized spacial score (nSPS) is 22.6. The second kappa shape index (κ2) is 11.9. The van der Waals surface area contributed by atoms with Gasteiger partial charge in [0.1, 0.15) is 17.6 Å². The molecule has 210 valence electrons. The van der Waals surface area contributed by atoms with Crippen molar-refractivity contribution in [3.05, 3.63) is 58.5 Å². The van der Waals surface area contributed by atoms with Crippen LogP contribution in [0.25, 0.3) is 17.1 Å². The van der Waals surface area contributed by atoms with Gasteiger partial charge in [-0.15, -0.1) is 0 Å². The summed E-state index contributed by atoms with van der Waals surface area (Å²) in [5, 5.41) is 13.8. The van der Waals surface area contributed by atoms with Crippen molar-refractivity contribution in [1.29, 1.82) is 5.26 Å². The smallest absolute Gasteiger partial charge is 0.334 e. The number of benzene rings is 1. The van der Waals surface area contributed by atoms with Gasteiger partial charge < -0.3 is 14.8 Å². The molecule has 1 N–H and O–H groups in total. The summed E-state index contributed by atoms with van der Waals surface area (Å²) < 4.78 is 27.8. The largest absolute Gasteiger partial charge is 0.381 e. The monoisotopic (exact) mass is 547 g/mol. The van der Waals surface area contributed by atoms with E-state index in [1.807, 2.05) is 0 Å². The topological polar surface area (TPSA) is 110 Å². The lowest BCUT2D eigenvalue weighted by molar-refractivity contribution is 0.00790. The molecule has 40 heavy (non-hydrogen) atoms. The molecule has 0 radical (unpaired) electrons. The van der Waals surface area contributed by atoms with Gasteiger partial charge in [0.2, 0.25) is 5.95 Å². The van der Waals surface area contributed by atoms with Crippen LogP contribution in [0.5, 0.6) is 0 Å². The second-order valence-electron chi connectivity index (χ2n) is 10.7. The van der Waals surface area contributed by atoms with E-state index < -0.39 is 5.82 Å². The van der Waals surface area contributed by atoms with Crippen LogP contribution in [0.2, 0.25) is 0 Å². The standard InChI is InChI=1S/C29H34FN7O3/c30-20-1-5-23(6-2-20)37-27(26(19-31)36(29(37)38)24-10-15-39-16-11-24)25-9-12-32-28(34-25)33-21-3-7-22(8-4-21)35-13-17-40-18-14-35/h1-2,5-6,9,12,21-22,24H,3-4,7-8,10-11,13-18H2,(H,32,33,34)/t21-,22-. The van der Waals surface area contributed by atoms with Gasteiger partial charge in [0.15, 0.2) is 5.69 Å². The maximum atomic E-state index is 13.9. The molecule has 1 saturated carbocycles.